The largest absolute Gasteiger partial charge is 0.381 e. The van der Waals surface area contributed by atoms with Crippen LogP contribution in [0.25, 0.3) is 6.08 Å². The van der Waals surface area contributed by atoms with E-state index in [1.54, 1.807) is 0 Å². The van der Waals surface area contributed by atoms with Crippen molar-refractivity contribution in [1.82, 2.24) is 0 Å². The molecule has 0 saturated heterocycles. The van der Waals surface area contributed by atoms with E-state index in [1.165, 1.54) is 5.56 Å². The Labute approximate surface area is 89.0 Å². The normalized spacial score (nSPS) is 13.1. The first-order valence-corrected chi connectivity index (χ1v) is 5.07. The van der Waals surface area contributed by atoms with Gasteiger partial charge in [-0.3, -0.25) is 4.79 Å². The van der Waals surface area contributed by atoms with Crippen LogP contribution in [0.15, 0.2) is 24.3 Å². The maximum atomic E-state index is 10.7. The van der Waals surface area contributed by atoms with Crippen molar-refractivity contribution in [3.05, 3.63) is 35.4 Å². The van der Waals surface area contributed by atoms with Crippen molar-refractivity contribution in [3.8, 4) is 0 Å². The van der Waals surface area contributed by atoms with Gasteiger partial charge in [-0.05, 0) is 29.7 Å². The molecule has 1 aromatic carbocycles. The summed E-state index contributed by atoms with van der Waals surface area (Å²) < 4.78 is 0. The number of benzene rings is 1. The minimum atomic E-state index is -0.249. The van der Waals surface area contributed by atoms with E-state index in [9.17, 15) is 4.79 Å². The topological polar surface area (TPSA) is 55.1 Å². The Morgan fingerprint density at radius 3 is 3.13 bits per heavy atom. The lowest BCUT2D eigenvalue weighted by molar-refractivity contribution is -0.117. The van der Waals surface area contributed by atoms with Crippen LogP contribution >= 0.6 is 0 Å². The summed E-state index contributed by atoms with van der Waals surface area (Å²) in [5.74, 6) is -0.249. The molecule has 3 N–H and O–H groups in total. The maximum absolute atomic E-state index is 10.7. The molecule has 0 saturated carbocycles. The van der Waals surface area contributed by atoms with Gasteiger partial charge in [0.15, 0.2) is 0 Å². The van der Waals surface area contributed by atoms with Gasteiger partial charge in [-0.15, -0.1) is 0 Å². The van der Waals surface area contributed by atoms with Crippen molar-refractivity contribution in [2.75, 3.05) is 11.9 Å². The first kappa shape index (κ1) is 9.77. The first-order valence-electron chi connectivity index (χ1n) is 5.07. The molecule has 1 aromatic rings. The minimum Gasteiger partial charge on any atom is -0.381 e. The van der Waals surface area contributed by atoms with Crippen LogP contribution in [0.4, 0.5) is 5.69 Å². The molecule has 1 amide bonds. The van der Waals surface area contributed by atoms with Crippen LogP contribution in [0.2, 0.25) is 0 Å². The van der Waals surface area contributed by atoms with Gasteiger partial charge >= 0.3 is 0 Å². The number of hydrogen-bond donors (Lipinski definition) is 2. The quantitative estimate of drug-likeness (QED) is 0.781. The number of anilines is 1. The smallest absolute Gasteiger partial charge is 0.217 e. The third-order valence-electron chi connectivity index (χ3n) is 2.48. The number of nitrogens with two attached hydrogens (primary N) is 1. The van der Waals surface area contributed by atoms with Crippen molar-refractivity contribution in [3.63, 3.8) is 0 Å². The van der Waals surface area contributed by atoms with E-state index >= 15 is 0 Å². The highest BCUT2D eigenvalue weighted by Gasteiger charge is 2.04. The van der Waals surface area contributed by atoms with Crippen LogP contribution in [-0.2, 0) is 11.2 Å². The molecule has 1 heterocycles. The lowest BCUT2D eigenvalue weighted by Crippen LogP contribution is -2.11. The second-order valence-corrected chi connectivity index (χ2v) is 3.67. The number of amides is 1. The molecule has 78 valence electrons. The summed E-state index contributed by atoms with van der Waals surface area (Å²) in [4.78, 5) is 10.7. The molecule has 0 spiro atoms. The number of aryl methyl sites for hydroxylation is 1. The van der Waals surface area contributed by atoms with Crippen molar-refractivity contribution in [2.24, 2.45) is 5.73 Å². The van der Waals surface area contributed by atoms with Gasteiger partial charge in [-0.25, -0.2) is 0 Å². The van der Waals surface area contributed by atoms with Gasteiger partial charge in [-0.2, -0.15) is 0 Å². The van der Waals surface area contributed by atoms with Gasteiger partial charge < -0.3 is 11.1 Å². The number of primary amides is 1. The molecule has 0 atom stereocenters. The first-order chi connectivity index (χ1) is 7.25. The second-order valence-electron chi connectivity index (χ2n) is 3.67. The van der Waals surface area contributed by atoms with Crippen LogP contribution in [0.1, 0.15) is 17.5 Å². The second kappa shape index (κ2) is 4.17. The van der Waals surface area contributed by atoms with Gasteiger partial charge in [0.05, 0.1) is 0 Å². The van der Waals surface area contributed by atoms with Crippen LogP contribution in [-0.4, -0.2) is 12.5 Å². The highest BCUT2D eigenvalue weighted by molar-refractivity contribution is 5.74. The molecule has 3 heteroatoms. The number of carbonyl (C=O) groups excluding carboxylic acids is 1. The lowest BCUT2D eigenvalue weighted by Gasteiger charge is -2.13. The molecule has 0 radical (unpaired) electrons. The maximum Gasteiger partial charge on any atom is 0.217 e. The van der Waals surface area contributed by atoms with E-state index in [-0.39, 0.29) is 5.91 Å². The standard InChI is InChI=1S/C12H14N2O/c13-12(15)6-4-9-3-5-11-10(8-9)2-1-7-14-11/h1-3,5,8,14H,4,6-7H2,(H2,13,15). The van der Waals surface area contributed by atoms with Crippen molar-refractivity contribution >= 4 is 17.7 Å². The monoisotopic (exact) mass is 202 g/mol. The third-order valence-corrected chi connectivity index (χ3v) is 2.48. The number of rotatable bonds is 3. The van der Waals surface area contributed by atoms with E-state index < -0.39 is 0 Å². The van der Waals surface area contributed by atoms with E-state index in [2.05, 4.69) is 29.6 Å². The Bertz CT molecular complexity index is 410. The van der Waals surface area contributed by atoms with Crippen LogP contribution < -0.4 is 11.1 Å². The summed E-state index contributed by atoms with van der Waals surface area (Å²) in [5.41, 5.74) is 8.60. The average molecular weight is 202 g/mol. The van der Waals surface area contributed by atoms with Gasteiger partial charge in [0.25, 0.3) is 0 Å². The van der Waals surface area contributed by atoms with Gasteiger partial charge in [0, 0.05) is 18.7 Å². The van der Waals surface area contributed by atoms with Gasteiger partial charge in [0.1, 0.15) is 0 Å². The lowest BCUT2D eigenvalue weighted by atomic mass is 10.0. The van der Waals surface area contributed by atoms with Gasteiger partial charge in [-0.1, -0.05) is 18.2 Å². The van der Waals surface area contributed by atoms with Crippen molar-refractivity contribution in [1.29, 1.82) is 0 Å². The summed E-state index contributed by atoms with van der Waals surface area (Å²) in [5, 5.41) is 3.28. The summed E-state index contributed by atoms with van der Waals surface area (Å²) in [6.07, 6.45) is 5.31. The predicted octanol–water partition coefficient (Wildman–Crippen LogP) is 1.54. The van der Waals surface area contributed by atoms with Crippen LogP contribution in [0.3, 0.4) is 0 Å². The number of hydrogen-bond acceptors (Lipinski definition) is 2. The van der Waals surface area contributed by atoms with Crippen molar-refractivity contribution < 1.29 is 4.79 Å². The molecule has 0 unspecified atom stereocenters. The van der Waals surface area contributed by atoms with Gasteiger partial charge in [0.2, 0.25) is 5.91 Å². The molecule has 0 aromatic heterocycles. The van der Waals surface area contributed by atoms with E-state index in [4.69, 9.17) is 5.73 Å². The molecule has 0 aliphatic carbocycles. The zero-order valence-electron chi connectivity index (χ0n) is 8.49. The molecule has 1 aliphatic heterocycles. The Kier molecular flexibility index (Phi) is 2.72. The Morgan fingerprint density at radius 1 is 1.47 bits per heavy atom. The summed E-state index contributed by atoms with van der Waals surface area (Å²) >= 11 is 0. The molecule has 15 heavy (non-hydrogen) atoms. The summed E-state index contributed by atoms with van der Waals surface area (Å²) in [6, 6.07) is 6.18. The van der Waals surface area contributed by atoms with E-state index in [1.807, 2.05) is 6.07 Å². The zero-order chi connectivity index (χ0) is 10.7. The Morgan fingerprint density at radius 2 is 2.33 bits per heavy atom. The fourth-order valence-corrected chi connectivity index (χ4v) is 1.69. The molecule has 0 fully saturated rings. The fraction of sp³-hybridized carbons (Fsp3) is 0.250. The number of nitrogens with one attached hydrogen (secondary N) is 1. The highest BCUT2D eigenvalue weighted by Crippen LogP contribution is 2.22. The minimum absolute atomic E-state index is 0.249. The fourth-order valence-electron chi connectivity index (χ4n) is 1.69. The summed E-state index contributed by atoms with van der Waals surface area (Å²) in [7, 11) is 0. The predicted molar refractivity (Wildman–Crippen MR) is 61.5 cm³/mol. The Balaban J connectivity index is 2.15. The van der Waals surface area contributed by atoms with Crippen LogP contribution in [0, 0.1) is 0 Å². The zero-order valence-corrected chi connectivity index (χ0v) is 8.49. The number of fused-ring (bicyclic) bond motifs is 1. The average Bonchev–Trinajstić information content (AvgIpc) is 2.26. The van der Waals surface area contributed by atoms with Crippen molar-refractivity contribution in [2.45, 2.75) is 12.8 Å². The van der Waals surface area contributed by atoms with Crippen LogP contribution in [0.5, 0.6) is 0 Å². The third kappa shape index (κ3) is 2.37. The van der Waals surface area contributed by atoms with E-state index in [0.717, 1.165) is 24.2 Å². The molecule has 3 nitrogen and oxygen atoms in total. The molecule has 0 bridgehead atoms. The summed E-state index contributed by atoms with van der Waals surface area (Å²) in [6.45, 7) is 0.883. The molecular weight excluding hydrogens is 188 g/mol. The number of carbonyl (C=O) groups is 1. The highest BCUT2D eigenvalue weighted by atomic mass is 16.1. The Hall–Kier alpha value is -1.77. The van der Waals surface area contributed by atoms with E-state index in [0.29, 0.717) is 6.42 Å². The molecular formula is C12H14N2O. The molecule has 2 rings (SSSR count). The SMILES string of the molecule is NC(=O)CCc1ccc2c(c1)C=CCN2. The molecule has 1 aliphatic rings.